The molecule has 1 fully saturated rings. The van der Waals surface area contributed by atoms with E-state index in [2.05, 4.69) is 5.32 Å². The summed E-state index contributed by atoms with van der Waals surface area (Å²) in [5.74, 6) is 0.675. The zero-order valence-corrected chi connectivity index (χ0v) is 12.8. The van der Waals surface area contributed by atoms with Crippen LogP contribution in [-0.4, -0.2) is 18.6 Å². The van der Waals surface area contributed by atoms with Crippen molar-refractivity contribution >= 4 is 5.91 Å². The standard InChI is InChI=1S/C17H26N2O2/c1-13(18)14-8-10-16(11-9-14)21-12-17(20)19-15-6-4-2-3-5-7-15/h8-11,13,15H,2-7,12,18H2,1H3,(H,19,20)/t13-/m1/s1. The number of nitrogens with one attached hydrogen (secondary N) is 1. The van der Waals surface area contributed by atoms with E-state index in [1.54, 1.807) is 0 Å². The zero-order valence-electron chi connectivity index (χ0n) is 12.8. The Labute approximate surface area is 127 Å². The second kappa shape index (κ2) is 8.03. The molecule has 1 aliphatic carbocycles. The van der Waals surface area contributed by atoms with E-state index in [9.17, 15) is 4.79 Å². The lowest BCUT2D eigenvalue weighted by atomic mass is 10.1. The molecule has 0 saturated heterocycles. The molecule has 3 N–H and O–H groups in total. The van der Waals surface area contributed by atoms with E-state index in [1.165, 1.54) is 25.7 Å². The molecule has 0 spiro atoms. The van der Waals surface area contributed by atoms with E-state index in [1.807, 2.05) is 31.2 Å². The second-order valence-corrected chi connectivity index (χ2v) is 5.90. The number of ether oxygens (including phenoxy) is 1. The summed E-state index contributed by atoms with van der Waals surface area (Å²) < 4.78 is 5.52. The highest BCUT2D eigenvalue weighted by molar-refractivity contribution is 5.77. The molecule has 0 heterocycles. The molecule has 0 aromatic heterocycles. The van der Waals surface area contributed by atoms with Crippen LogP contribution in [0.3, 0.4) is 0 Å². The van der Waals surface area contributed by atoms with Gasteiger partial charge < -0.3 is 15.8 Å². The lowest BCUT2D eigenvalue weighted by Crippen LogP contribution is -2.37. The predicted molar refractivity (Wildman–Crippen MR) is 84.2 cm³/mol. The maximum Gasteiger partial charge on any atom is 0.258 e. The van der Waals surface area contributed by atoms with Gasteiger partial charge in [0.1, 0.15) is 5.75 Å². The fourth-order valence-electron chi connectivity index (χ4n) is 2.71. The maximum absolute atomic E-state index is 11.9. The molecule has 4 heteroatoms. The Bertz CT molecular complexity index is 435. The summed E-state index contributed by atoms with van der Waals surface area (Å²) >= 11 is 0. The van der Waals surface area contributed by atoms with Crippen molar-refractivity contribution in [3.63, 3.8) is 0 Å². The molecule has 2 rings (SSSR count). The van der Waals surface area contributed by atoms with Crippen molar-refractivity contribution in [3.05, 3.63) is 29.8 Å². The number of rotatable bonds is 5. The van der Waals surface area contributed by atoms with Gasteiger partial charge in [-0.2, -0.15) is 0 Å². The molecule has 0 aliphatic heterocycles. The van der Waals surface area contributed by atoms with Gasteiger partial charge in [0.05, 0.1) is 0 Å². The Kier molecular flexibility index (Phi) is 6.05. The Balaban J connectivity index is 1.75. The van der Waals surface area contributed by atoms with Gasteiger partial charge in [-0.05, 0) is 37.5 Å². The first-order valence-corrected chi connectivity index (χ1v) is 7.93. The maximum atomic E-state index is 11.9. The third kappa shape index (κ3) is 5.38. The van der Waals surface area contributed by atoms with Gasteiger partial charge in [0, 0.05) is 12.1 Å². The van der Waals surface area contributed by atoms with Gasteiger partial charge in [0.25, 0.3) is 5.91 Å². The molecular formula is C17H26N2O2. The smallest absolute Gasteiger partial charge is 0.258 e. The van der Waals surface area contributed by atoms with E-state index in [4.69, 9.17) is 10.5 Å². The number of benzene rings is 1. The van der Waals surface area contributed by atoms with Crippen LogP contribution in [0.4, 0.5) is 0 Å². The summed E-state index contributed by atoms with van der Waals surface area (Å²) in [4.78, 5) is 11.9. The minimum atomic E-state index is -0.0295. The fourth-order valence-corrected chi connectivity index (χ4v) is 2.71. The number of amides is 1. The lowest BCUT2D eigenvalue weighted by molar-refractivity contribution is -0.123. The number of nitrogens with two attached hydrogens (primary N) is 1. The minimum absolute atomic E-state index is 0.0117. The van der Waals surface area contributed by atoms with Crippen LogP contribution >= 0.6 is 0 Å². The highest BCUT2D eigenvalue weighted by Gasteiger charge is 2.14. The largest absolute Gasteiger partial charge is 0.484 e. The van der Waals surface area contributed by atoms with E-state index in [-0.39, 0.29) is 18.6 Å². The molecule has 0 bridgehead atoms. The van der Waals surface area contributed by atoms with Crippen LogP contribution in [0.5, 0.6) is 5.75 Å². The molecule has 1 amide bonds. The molecule has 1 atom stereocenters. The van der Waals surface area contributed by atoms with Gasteiger partial charge in [0.2, 0.25) is 0 Å². The van der Waals surface area contributed by atoms with Crippen LogP contribution in [0.15, 0.2) is 24.3 Å². The van der Waals surface area contributed by atoms with Crippen molar-refractivity contribution in [2.75, 3.05) is 6.61 Å². The topological polar surface area (TPSA) is 64.3 Å². The molecular weight excluding hydrogens is 264 g/mol. The van der Waals surface area contributed by atoms with Crippen LogP contribution in [-0.2, 0) is 4.79 Å². The van der Waals surface area contributed by atoms with Gasteiger partial charge in [0.15, 0.2) is 6.61 Å². The van der Waals surface area contributed by atoms with Crippen molar-refractivity contribution in [2.24, 2.45) is 5.73 Å². The number of carbonyl (C=O) groups is 1. The SMILES string of the molecule is C[C@@H](N)c1ccc(OCC(=O)NC2CCCCCC2)cc1. The molecule has 4 nitrogen and oxygen atoms in total. The Hall–Kier alpha value is -1.55. The molecule has 1 saturated carbocycles. The van der Waals surface area contributed by atoms with Crippen LogP contribution < -0.4 is 15.8 Å². The Morgan fingerprint density at radius 3 is 2.43 bits per heavy atom. The third-order valence-corrected chi connectivity index (χ3v) is 4.00. The Morgan fingerprint density at radius 1 is 1.24 bits per heavy atom. The average Bonchev–Trinajstić information content (AvgIpc) is 2.74. The molecule has 0 radical (unpaired) electrons. The molecule has 1 aliphatic rings. The molecule has 1 aromatic carbocycles. The highest BCUT2D eigenvalue weighted by Crippen LogP contribution is 2.18. The molecule has 21 heavy (non-hydrogen) atoms. The van der Waals surface area contributed by atoms with Crippen molar-refractivity contribution in [1.82, 2.24) is 5.32 Å². The minimum Gasteiger partial charge on any atom is -0.484 e. The van der Waals surface area contributed by atoms with E-state index >= 15 is 0 Å². The Morgan fingerprint density at radius 2 is 1.86 bits per heavy atom. The molecule has 1 aromatic rings. The van der Waals surface area contributed by atoms with Crippen LogP contribution in [0.2, 0.25) is 0 Å². The van der Waals surface area contributed by atoms with Crippen molar-refractivity contribution in [1.29, 1.82) is 0 Å². The second-order valence-electron chi connectivity index (χ2n) is 5.90. The summed E-state index contributed by atoms with van der Waals surface area (Å²) in [6.45, 7) is 2.02. The number of hydrogen-bond acceptors (Lipinski definition) is 3. The van der Waals surface area contributed by atoms with E-state index in [0.717, 1.165) is 18.4 Å². The van der Waals surface area contributed by atoms with Gasteiger partial charge in [-0.25, -0.2) is 0 Å². The van der Waals surface area contributed by atoms with Crippen molar-refractivity contribution in [3.8, 4) is 5.75 Å². The van der Waals surface area contributed by atoms with E-state index < -0.39 is 0 Å². The average molecular weight is 290 g/mol. The third-order valence-electron chi connectivity index (χ3n) is 4.00. The lowest BCUT2D eigenvalue weighted by Gasteiger charge is -2.16. The summed E-state index contributed by atoms with van der Waals surface area (Å²) in [5.41, 5.74) is 6.86. The van der Waals surface area contributed by atoms with Crippen LogP contribution in [0, 0.1) is 0 Å². The van der Waals surface area contributed by atoms with Gasteiger partial charge in [-0.3, -0.25) is 4.79 Å². The summed E-state index contributed by atoms with van der Waals surface area (Å²) in [6.07, 6.45) is 7.18. The summed E-state index contributed by atoms with van der Waals surface area (Å²) in [5, 5.41) is 3.07. The normalized spacial score (nSPS) is 17.8. The van der Waals surface area contributed by atoms with Gasteiger partial charge in [-0.15, -0.1) is 0 Å². The van der Waals surface area contributed by atoms with Gasteiger partial charge in [-0.1, -0.05) is 37.8 Å². The molecule has 0 unspecified atom stereocenters. The monoisotopic (exact) mass is 290 g/mol. The molecule has 116 valence electrons. The van der Waals surface area contributed by atoms with Crippen LogP contribution in [0.1, 0.15) is 57.1 Å². The first kappa shape index (κ1) is 15.8. The number of carbonyl (C=O) groups excluding carboxylic acids is 1. The first-order valence-electron chi connectivity index (χ1n) is 7.93. The van der Waals surface area contributed by atoms with Crippen LogP contribution in [0.25, 0.3) is 0 Å². The fraction of sp³-hybridized carbons (Fsp3) is 0.588. The van der Waals surface area contributed by atoms with Gasteiger partial charge >= 0.3 is 0 Å². The van der Waals surface area contributed by atoms with E-state index in [0.29, 0.717) is 11.8 Å². The first-order chi connectivity index (χ1) is 10.1. The predicted octanol–water partition coefficient (Wildman–Crippen LogP) is 2.92. The zero-order chi connectivity index (χ0) is 15.1. The van der Waals surface area contributed by atoms with Crippen molar-refractivity contribution < 1.29 is 9.53 Å². The highest BCUT2D eigenvalue weighted by atomic mass is 16.5. The summed E-state index contributed by atoms with van der Waals surface area (Å²) in [6, 6.07) is 7.92. The summed E-state index contributed by atoms with van der Waals surface area (Å²) in [7, 11) is 0. The number of hydrogen-bond donors (Lipinski definition) is 2. The quantitative estimate of drug-likeness (QED) is 0.820. The van der Waals surface area contributed by atoms with Crippen molar-refractivity contribution in [2.45, 2.75) is 57.5 Å².